The van der Waals surface area contributed by atoms with Crippen molar-refractivity contribution in [2.45, 2.75) is 33.2 Å². The number of likely N-dealkylation sites (tertiary alicyclic amines) is 1. The van der Waals surface area contributed by atoms with E-state index in [9.17, 15) is 9.59 Å². The molecule has 0 aliphatic carbocycles. The lowest BCUT2D eigenvalue weighted by Gasteiger charge is -2.31. The van der Waals surface area contributed by atoms with Gasteiger partial charge in [0.05, 0.1) is 0 Å². The van der Waals surface area contributed by atoms with Crippen LogP contribution in [-0.2, 0) is 11.3 Å². The Hall–Kier alpha value is -2.56. The Morgan fingerprint density at radius 1 is 1.16 bits per heavy atom. The van der Waals surface area contributed by atoms with Gasteiger partial charge in [-0.3, -0.25) is 9.59 Å². The highest BCUT2D eigenvalue weighted by molar-refractivity contribution is 5.94. The summed E-state index contributed by atoms with van der Waals surface area (Å²) in [6, 6.07) is 11.3. The van der Waals surface area contributed by atoms with Gasteiger partial charge in [0, 0.05) is 36.7 Å². The summed E-state index contributed by atoms with van der Waals surface area (Å²) in [7, 11) is 0. The van der Waals surface area contributed by atoms with Gasteiger partial charge in [0.1, 0.15) is 11.5 Å². The Morgan fingerprint density at radius 3 is 2.44 bits per heavy atom. The van der Waals surface area contributed by atoms with Crippen LogP contribution in [0.1, 0.15) is 40.3 Å². The number of nitrogens with one attached hydrogen (secondary N) is 1. The molecule has 132 valence electrons. The van der Waals surface area contributed by atoms with Gasteiger partial charge in [0.25, 0.3) is 5.91 Å². The fourth-order valence-electron chi connectivity index (χ4n) is 3.29. The number of benzene rings is 1. The van der Waals surface area contributed by atoms with Crippen molar-refractivity contribution >= 4 is 11.8 Å². The van der Waals surface area contributed by atoms with Gasteiger partial charge in [-0.05, 0) is 44.9 Å². The second-order valence-electron chi connectivity index (χ2n) is 6.59. The molecular formula is C20H24N2O3. The number of hydrogen-bond donors (Lipinski definition) is 1. The summed E-state index contributed by atoms with van der Waals surface area (Å²) in [5, 5.41) is 3.00. The van der Waals surface area contributed by atoms with Crippen molar-refractivity contribution in [1.82, 2.24) is 10.2 Å². The Labute approximate surface area is 148 Å². The maximum atomic E-state index is 12.4. The van der Waals surface area contributed by atoms with Gasteiger partial charge in [-0.2, -0.15) is 0 Å². The monoisotopic (exact) mass is 340 g/mol. The molecule has 25 heavy (non-hydrogen) atoms. The summed E-state index contributed by atoms with van der Waals surface area (Å²) in [5.74, 6) is 1.78. The normalized spacial score (nSPS) is 15.2. The number of aryl methyl sites for hydroxylation is 2. The lowest BCUT2D eigenvalue weighted by Crippen LogP contribution is -2.42. The number of piperidine rings is 1. The first kappa shape index (κ1) is 17.3. The number of amides is 2. The molecule has 2 amide bonds. The Kier molecular flexibility index (Phi) is 5.22. The molecule has 5 heteroatoms. The summed E-state index contributed by atoms with van der Waals surface area (Å²) in [4.78, 5) is 26.7. The van der Waals surface area contributed by atoms with E-state index in [0.29, 0.717) is 38.0 Å². The zero-order valence-electron chi connectivity index (χ0n) is 14.7. The maximum absolute atomic E-state index is 12.4. The average molecular weight is 340 g/mol. The maximum Gasteiger partial charge on any atom is 0.253 e. The minimum absolute atomic E-state index is 0.0341. The number of carbonyl (C=O) groups is 2. The van der Waals surface area contributed by atoms with Crippen LogP contribution in [0, 0.1) is 19.8 Å². The predicted octanol–water partition coefficient (Wildman–Crippen LogP) is 3.07. The van der Waals surface area contributed by atoms with Crippen LogP contribution in [0.15, 0.2) is 40.8 Å². The van der Waals surface area contributed by atoms with Crippen LogP contribution in [0.4, 0.5) is 0 Å². The first-order valence-electron chi connectivity index (χ1n) is 8.72. The molecule has 1 N–H and O–H groups in total. The smallest absolute Gasteiger partial charge is 0.253 e. The van der Waals surface area contributed by atoms with Crippen LogP contribution in [0.25, 0.3) is 0 Å². The highest BCUT2D eigenvalue weighted by atomic mass is 16.3. The highest BCUT2D eigenvalue weighted by Crippen LogP contribution is 2.20. The Balaban J connectivity index is 1.49. The largest absolute Gasteiger partial charge is 0.466 e. The van der Waals surface area contributed by atoms with Crippen molar-refractivity contribution in [2.75, 3.05) is 13.1 Å². The lowest BCUT2D eigenvalue weighted by atomic mass is 9.95. The fraction of sp³-hybridized carbons (Fsp3) is 0.400. The van der Waals surface area contributed by atoms with Crippen molar-refractivity contribution in [2.24, 2.45) is 5.92 Å². The highest BCUT2D eigenvalue weighted by Gasteiger charge is 2.27. The molecule has 0 saturated carbocycles. The van der Waals surface area contributed by atoms with Crippen molar-refractivity contribution in [1.29, 1.82) is 0 Å². The van der Waals surface area contributed by atoms with Gasteiger partial charge in [0.2, 0.25) is 5.91 Å². The molecule has 1 aromatic heterocycles. The molecule has 3 rings (SSSR count). The van der Waals surface area contributed by atoms with E-state index in [2.05, 4.69) is 5.32 Å². The van der Waals surface area contributed by atoms with Crippen LogP contribution in [-0.4, -0.2) is 29.8 Å². The molecule has 0 spiro atoms. The lowest BCUT2D eigenvalue weighted by molar-refractivity contribution is -0.126. The van der Waals surface area contributed by atoms with Gasteiger partial charge in [-0.1, -0.05) is 18.2 Å². The summed E-state index contributed by atoms with van der Waals surface area (Å²) in [5.41, 5.74) is 1.72. The molecule has 0 atom stereocenters. The molecule has 2 aromatic rings. The van der Waals surface area contributed by atoms with Crippen LogP contribution in [0.5, 0.6) is 0 Å². The first-order valence-corrected chi connectivity index (χ1v) is 8.72. The third-order valence-electron chi connectivity index (χ3n) is 4.77. The second-order valence-corrected chi connectivity index (χ2v) is 6.59. The third-order valence-corrected chi connectivity index (χ3v) is 4.77. The van der Waals surface area contributed by atoms with E-state index in [4.69, 9.17) is 4.42 Å². The second kappa shape index (κ2) is 7.55. The van der Waals surface area contributed by atoms with E-state index in [-0.39, 0.29) is 17.7 Å². The fourth-order valence-corrected chi connectivity index (χ4v) is 3.29. The van der Waals surface area contributed by atoms with E-state index in [0.717, 1.165) is 17.1 Å². The molecule has 1 aromatic carbocycles. The first-order chi connectivity index (χ1) is 12.0. The molecule has 0 bridgehead atoms. The molecule has 1 fully saturated rings. The summed E-state index contributed by atoms with van der Waals surface area (Å²) >= 11 is 0. The Morgan fingerprint density at radius 2 is 1.84 bits per heavy atom. The molecule has 0 unspecified atom stereocenters. The quantitative estimate of drug-likeness (QED) is 0.930. The molecule has 0 radical (unpaired) electrons. The van der Waals surface area contributed by atoms with E-state index in [1.165, 1.54) is 0 Å². The van der Waals surface area contributed by atoms with E-state index in [1.54, 1.807) is 0 Å². The van der Waals surface area contributed by atoms with Gasteiger partial charge >= 0.3 is 0 Å². The number of carbonyl (C=O) groups excluding carboxylic acids is 2. The topological polar surface area (TPSA) is 62.6 Å². The van der Waals surface area contributed by atoms with Crippen LogP contribution < -0.4 is 5.32 Å². The molecule has 2 heterocycles. The van der Waals surface area contributed by atoms with E-state index < -0.39 is 0 Å². The number of furan rings is 1. The zero-order valence-corrected chi connectivity index (χ0v) is 14.7. The Bertz CT molecular complexity index is 744. The van der Waals surface area contributed by atoms with Gasteiger partial charge in [-0.15, -0.1) is 0 Å². The minimum Gasteiger partial charge on any atom is -0.466 e. The van der Waals surface area contributed by atoms with Gasteiger partial charge < -0.3 is 14.6 Å². The zero-order chi connectivity index (χ0) is 17.8. The molecule has 1 aliphatic rings. The average Bonchev–Trinajstić information content (AvgIpc) is 2.97. The molecule has 1 aliphatic heterocycles. The van der Waals surface area contributed by atoms with E-state index >= 15 is 0 Å². The van der Waals surface area contributed by atoms with Crippen molar-refractivity contribution < 1.29 is 14.0 Å². The summed E-state index contributed by atoms with van der Waals surface area (Å²) in [6.45, 7) is 5.54. The van der Waals surface area contributed by atoms with Crippen LogP contribution >= 0.6 is 0 Å². The number of nitrogens with zero attached hydrogens (tertiary/aromatic N) is 1. The van der Waals surface area contributed by atoms with Crippen molar-refractivity contribution in [3.63, 3.8) is 0 Å². The summed E-state index contributed by atoms with van der Waals surface area (Å²) < 4.78 is 5.48. The van der Waals surface area contributed by atoms with Crippen LogP contribution in [0.2, 0.25) is 0 Å². The standard InChI is InChI=1S/C20H24N2O3/c1-14-12-18(15(2)25-14)13-21-19(23)16-8-10-22(11-9-16)20(24)17-6-4-3-5-7-17/h3-7,12,16H,8-11,13H2,1-2H3,(H,21,23). The number of hydrogen-bond acceptors (Lipinski definition) is 3. The van der Waals surface area contributed by atoms with Crippen LogP contribution in [0.3, 0.4) is 0 Å². The SMILES string of the molecule is Cc1cc(CNC(=O)C2CCN(C(=O)c3ccccc3)CC2)c(C)o1. The number of rotatable bonds is 4. The summed E-state index contributed by atoms with van der Waals surface area (Å²) in [6.07, 6.45) is 1.40. The minimum atomic E-state index is -0.0341. The van der Waals surface area contributed by atoms with Crippen molar-refractivity contribution in [3.05, 3.63) is 59.0 Å². The third kappa shape index (κ3) is 4.10. The molecule has 1 saturated heterocycles. The van der Waals surface area contributed by atoms with Gasteiger partial charge in [0.15, 0.2) is 0 Å². The van der Waals surface area contributed by atoms with Crippen molar-refractivity contribution in [3.8, 4) is 0 Å². The van der Waals surface area contributed by atoms with E-state index in [1.807, 2.05) is 55.1 Å². The predicted molar refractivity (Wildman–Crippen MR) is 95.1 cm³/mol. The van der Waals surface area contributed by atoms with Gasteiger partial charge in [-0.25, -0.2) is 0 Å². The molecular weight excluding hydrogens is 316 g/mol. The molecule has 5 nitrogen and oxygen atoms in total.